The van der Waals surface area contributed by atoms with E-state index in [1.807, 2.05) is 6.92 Å². The van der Waals surface area contributed by atoms with Crippen molar-refractivity contribution in [3.8, 4) is 0 Å². The third-order valence-corrected chi connectivity index (χ3v) is 4.38. The predicted molar refractivity (Wildman–Crippen MR) is 67.0 cm³/mol. The number of thioether (sulfide) groups is 1. The Morgan fingerprint density at radius 1 is 1.35 bits per heavy atom. The van der Waals surface area contributed by atoms with Gasteiger partial charge in [0.25, 0.3) is 0 Å². The molecule has 0 aliphatic carbocycles. The van der Waals surface area contributed by atoms with Crippen LogP contribution in [0.1, 0.15) is 11.7 Å². The minimum Gasteiger partial charge on any atom is -0.340 e. The smallest absolute Gasteiger partial charge is 0.223 e. The molecule has 17 heavy (non-hydrogen) atoms. The van der Waals surface area contributed by atoms with Gasteiger partial charge in [-0.15, -0.1) is 0 Å². The molecule has 1 aromatic heterocycles. The first-order valence-electron chi connectivity index (χ1n) is 6.14. The fourth-order valence-corrected chi connectivity index (χ4v) is 3.38. The van der Waals surface area contributed by atoms with Gasteiger partial charge in [-0.1, -0.05) is 5.16 Å². The van der Waals surface area contributed by atoms with Crippen LogP contribution in [0.15, 0.2) is 4.52 Å². The maximum absolute atomic E-state index is 4.98. The lowest BCUT2D eigenvalue weighted by Gasteiger charge is -2.46. The molecule has 0 unspecified atom stereocenters. The molecule has 0 atom stereocenters. The highest BCUT2D eigenvalue weighted by molar-refractivity contribution is 7.99. The molecule has 5 nitrogen and oxygen atoms in total. The van der Waals surface area contributed by atoms with Gasteiger partial charge in [0.2, 0.25) is 5.89 Å². The van der Waals surface area contributed by atoms with E-state index in [4.69, 9.17) is 4.52 Å². The first-order chi connectivity index (χ1) is 8.31. The molecule has 0 spiro atoms. The van der Waals surface area contributed by atoms with Crippen molar-refractivity contribution in [1.82, 2.24) is 19.9 Å². The lowest BCUT2D eigenvalue weighted by Crippen LogP contribution is -2.60. The van der Waals surface area contributed by atoms with E-state index in [0.29, 0.717) is 5.89 Å². The van der Waals surface area contributed by atoms with Crippen LogP contribution in [0.2, 0.25) is 0 Å². The van der Waals surface area contributed by atoms with Crippen molar-refractivity contribution in [3.63, 3.8) is 0 Å². The minimum atomic E-state index is 0.658. The summed E-state index contributed by atoms with van der Waals surface area (Å²) in [4.78, 5) is 9.24. The Bertz CT molecular complexity index is 371. The quantitative estimate of drug-likeness (QED) is 0.787. The molecule has 0 bridgehead atoms. The van der Waals surface area contributed by atoms with E-state index in [1.165, 1.54) is 24.6 Å². The normalized spacial score (nSPS) is 23.8. The molecule has 2 saturated heterocycles. The highest BCUT2D eigenvalue weighted by Gasteiger charge is 2.32. The Morgan fingerprint density at radius 3 is 2.76 bits per heavy atom. The van der Waals surface area contributed by atoms with Gasteiger partial charge in [0.05, 0.1) is 6.54 Å². The van der Waals surface area contributed by atoms with Crippen LogP contribution < -0.4 is 0 Å². The third-order valence-electron chi connectivity index (χ3n) is 3.43. The summed E-state index contributed by atoms with van der Waals surface area (Å²) in [5.74, 6) is 4.06. The molecule has 3 heterocycles. The molecule has 0 saturated carbocycles. The van der Waals surface area contributed by atoms with Crippen molar-refractivity contribution in [2.24, 2.45) is 0 Å². The monoisotopic (exact) mass is 254 g/mol. The van der Waals surface area contributed by atoms with Crippen LogP contribution in [0.25, 0.3) is 0 Å². The van der Waals surface area contributed by atoms with Crippen LogP contribution in [0.3, 0.4) is 0 Å². The summed E-state index contributed by atoms with van der Waals surface area (Å²) in [6.45, 7) is 7.47. The summed E-state index contributed by atoms with van der Waals surface area (Å²) in [5, 5.41) is 3.93. The summed E-state index contributed by atoms with van der Waals surface area (Å²) in [7, 11) is 0. The van der Waals surface area contributed by atoms with Gasteiger partial charge in [-0.3, -0.25) is 9.80 Å². The molecule has 2 aliphatic rings. The highest BCUT2D eigenvalue weighted by Crippen LogP contribution is 2.20. The van der Waals surface area contributed by atoms with Crippen molar-refractivity contribution in [1.29, 1.82) is 0 Å². The third kappa shape index (κ3) is 2.64. The molecule has 0 amide bonds. The zero-order chi connectivity index (χ0) is 11.7. The molecule has 3 rings (SSSR count). The van der Waals surface area contributed by atoms with E-state index in [-0.39, 0.29) is 0 Å². The number of likely N-dealkylation sites (tertiary alicyclic amines) is 1. The lowest BCUT2D eigenvalue weighted by atomic mass is 10.1. The second kappa shape index (κ2) is 4.96. The van der Waals surface area contributed by atoms with Crippen molar-refractivity contribution in [3.05, 3.63) is 11.7 Å². The van der Waals surface area contributed by atoms with Crippen molar-refractivity contribution in [2.45, 2.75) is 19.5 Å². The Kier molecular flexibility index (Phi) is 3.35. The van der Waals surface area contributed by atoms with Crippen LogP contribution >= 0.6 is 11.8 Å². The second-order valence-corrected chi connectivity index (χ2v) is 5.95. The molecule has 0 radical (unpaired) electrons. The molecular formula is C11H18N4OS. The van der Waals surface area contributed by atoms with Gasteiger partial charge in [-0.05, 0) is 0 Å². The first kappa shape index (κ1) is 11.5. The number of nitrogens with zero attached hydrogens (tertiary/aromatic N) is 4. The minimum absolute atomic E-state index is 0.658. The Morgan fingerprint density at radius 2 is 2.12 bits per heavy atom. The number of rotatable bonds is 3. The summed E-state index contributed by atoms with van der Waals surface area (Å²) < 4.78 is 4.98. The SMILES string of the molecule is Cc1nc(CN2CC(N3CCSCC3)C2)no1. The van der Waals surface area contributed by atoms with E-state index in [0.717, 1.165) is 31.5 Å². The number of hydrogen-bond acceptors (Lipinski definition) is 6. The standard InChI is InChI=1S/C11H18N4OS/c1-9-12-11(13-16-9)8-14-6-10(7-14)15-2-4-17-5-3-15/h10H,2-8H2,1H3. The zero-order valence-electron chi connectivity index (χ0n) is 10.1. The van der Waals surface area contributed by atoms with E-state index in [9.17, 15) is 0 Å². The predicted octanol–water partition coefficient (Wildman–Crippen LogP) is 0.611. The zero-order valence-corrected chi connectivity index (χ0v) is 10.9. The summed E-state index contributed by atoms with van der Waals surface area (Å²) in [5.41, 5.74) is 0. The first-order valence-corrected chi connectivity index (χ1v) is 7.30. The second-order valence-electron chi connectivity index (χ2n) is 4.73. The molecule has 6 heteroatoms. The van der Waals surface area contributed by atoms with Gasteiger partial charge in [0, 0.05) is 50.7 Å². The lowest BCUT2D eigenvalue weighted by molar-refractivity contribution is 0.0321. The fourth-order valence-electron chi connectivity index (χ4n) is 2.45. The number of aryl methyl sites for hydroxylation is 1. The molecule has 2 fully saturated rings. The van der Waals surface area contributed by atoms with Crippen molar-refractivity contribution >= 4 is 11.8 Å². The van der Waals surface area contributed by atoms with E-state index in [1.54, 1.807) is 0 Å². The summed E-state index contributed by atoms with van der Waals surface area (Å²) in [6, 6.07) is 0.754. The Labute approximate surface area is 106 Å². The van der Waals surface area contributed by atoms with Gasteiger partial charge in [-0.2, -0.15) is 16.7 Å². The maximum Gasteiger partial charge on any atom is 0.223 e. The summed E-state index contributed by atoms with van der Waals surface area (Å²) in [6.07, 6.45) is 0. The highest BCUT2D eigenvalue weighted by atomic mass is 32.2. The van der Waals surface area contributed by atoms with E-state index >= 15 is 0 Å². The van der Waals surface area contributed by atoms with Crippen molar-refractivity contribution in [2.75, 3.05) is 37.7 Å². The molecule has 2 aliphatic heterocycles. The summed E-state index contributed by atoms with van der Waals surface area (Å²) >= 11 is 2.07. The Balaban J connectivity index is 1.45. The Hall–Kier alpha value is -0.590. The largest absolute Gasteiger partial charge is 0.340 e. The molecule has 0 N–H and O–H groups in total. The number of hydrogen-bond donors (Lipinski definition) is 0. The van der Waals surface area contributed by atoms with Gasteiger partial charge >= 0.3 is 0 Å². The van der Waals surface area contributed by atoms with Gasteiger partial charge in [0.15, 0.2) is 5.82 Å². The number of aromatic nitrogens is 2. The van der Waals surface area contributed by atoms with Crippen molar-refractivity contribution < 1.29 is 4.52 Å². The van der Waals surface area contributed by atoms with Crippen LogP contribution in [-0.2, 0) is 6.54 Å². The van der Waals surface area contributed by atoms with E-state index in [2.05, 4.69) is 31.7 Å². The van der Waals surface area contributed by atoms with Gasteiger partial charge < -0.3 is 4.52 Å². The average Bonchev–Trinajstić information content (AvgIpc) is 2.70. The van der Waals surface area contributed by atoms with Gasteiger partial charge in [0.1, 0.15) is 0 Å². The van der Waals surface area contributed by atoms with Crippen LogP contribution in [0, 0.1) is 6.92 Å². The molecular weight excluding hydrogens is 236 g/mol. The topological polar surface area (TPSA) is 45.4 Å². The van der Waals surface area contributed by atoms with Crippen LogP contribution in [-0.4, -0.2) is 63.7 Å². The fraction of sp³-hybridized carbons (Fsp3) is 0.818. The van der Waals surface area contributed by atoms with Crippen LogP contribution in [0.5, 0.6) is 0 Å². The molecule has 1 aromatic rings. The average molecular weight is 254 g/mol. The molecule has 0 aromatic carbocycles. The van der Waals surface area contributed by atoms with Gasteiger partial charge in [-0.25, -0.2) is 0 Å². The molecule has 94 valence electrons. The van der Waals surface area contributed by atoms with Crippen LogP contribution in [0.4, 0.5) is 0 Å². The maximum atomic E-state index is 4.98. The van der Waals surface area contributed by atoms with E-state index < -0.39 is 0 Å².